The molecule has 0 radical (unpaired) electrons. The van der Waals surface area contributed by atoms with Gasteiger partial charge in [-0.3, -0.25) is 14.5 Å². The molecule has 0 atom stereocenters. The molecular weight excluding hydrogens is 312 g/mol. The molecule has 1 N–H and O–H groups in total. The summed E-state index contributed by atoms with van der Waals surface area (Å²) in [6.45, 7) is 6.71. The number of aromatic nitrogens is 3. The number of anilines is 1. The number of rotatable bonds is 6. The highest BCUT2D eigenvalue weighted by Gasteiger charge is 2.11. The van der Waals surface area contributed by atoms with Gasteiger partial charge in [0.2, 0.25) is 5.91 Å². The van der Waals surface area contributed by atoms with Crippen molar-refractivity contribution in [2.24, 2.45) is 0 Å². The predicted molar refractivity (Wildman–Crippen MR) is 93.5 cm³/mol. The molecule has 0 aliphatic heterocycles. The van der Waals surface area contributed by atoms with Crippen molar-refractivity contribution >= 4 is 29.3 Å². The lowest BCUT2D eigenvalue weighted by atomic mass is 10.2. The number of unbranched alkanes of at least 4 members (excludes halogenated alkanes) is 1. The fraction of sp³-hybridized carbons (Fsp3) is 0.353. The van der Waals surface area contributed by atoms with E-state index in [1.807, 2.05) is 19.9 Å². The monoisotopic (exact) mass is 332 g/mol. The Morgan fingerprint density at radius 1 is 1.43 bits per heavy atom. The number of pyridine rings is 1. The third-order valence-electron chi connectivity index (χ3n) is 3.53. The van der Waals surface area contributed by atoms with Crippen LogP contribution >= 0.6 is 11.6 Å². The van der Waals surface area contributed by atoms with E-state index in [2.05, 4.69) is 22.3 Å². The lowest BCUT2D eigenvalue weighted by molar-refractivity contribution is -0.111. The average Bonchev–Trinajstić information content (AvgIpc) is 2.79. The summed E-state index contributed by atoms with van der Waals surface area (Å²) in [4.78, 5) is 16.0. The van der Waals surface area contributed by atoms with Gasteiger partial charge in [-0.05, 0) is 38.0 Å². The second kappa shape index (κ2) is 7.92. The molecule has 0 fully saturated rings. The van der Waals surface area contributed by atoms with Crippen molar-refractivity contribution < 1.29 is 4.79 Å². The highest BCUT2D eigenvalue weighted by atomic mass is 35.5. The van der Waals surface area contributed by atoms with Crippen LogP contribution in [-0.4, -0.2) is 20.7 Å². The van der Waals surface area contributed by atoms with E-state index in [1.54, 1.807) is 23.2 Å². The lowest BCUT2D eigenvalue weighted by Crippen LogP contribution is -2.09. The maximum absolute atomic E-state index is 12.0. The molecule has 0 aromatic carbocycles. The molecule has 6 heteroatoms. The molecule has 2 aromatic heterocycles. The minimum absolute atomic E-state index is 0.224. The van der Waals surface area contributed by atoms with Gasteiger partial charge in [-0.1, -0.05) is 24.9 Å². The molecule has 2 aromatic rings. The van der Waals surface area contributed by atoms with Gasteiger partial charge in [-0.15, -0.1) is 0 Å². The van der Waals surface area contributed by atoms with Gasteiger partial charge in [-0.25, -0.2) is 0 Å². The van der Waals surface area contributed by atoms with Gasteiger partial charge < -0.3 is 5.32 Å². The Bertz CT molecular complexity index is 721. The third-order valence-corrected chi connectivity index (χ3v) is 3.93. The highest BCUT2D eigenvalue weighted by Crippen LogP contribution is 2.22. The number of carbonyl (C=O) groups is 1. The molecule has 0 saturated carbocycles. The van der Waals surface area contributed by atoms with Crippen molar-refractivity contribution in [3.8, 4) is 0 Å². The number of hydrogen-bond donors (Lipinski definition) is 1. The zero-order valence-corrected chi connectivity index (χ0v) is 14.4. The number of hydrogen-bond acceptors (Lipinski definition) is 3. The summed E-state index contributed by atoms with van der Waals surface area (Å²) in [5.74, 6) is -0.224. The highest BCUT2D eigenvalue weighted by molar-refractivity contribution is 6.31. The van der Waals surface area contributed by atoms with Gasteiger partial charge in [0.15, 0.2) is 0 Å². The summed E-state index contributed by atoms with van der Waals surface area (Å²) in [5.41, 5.74) is 3.25. The minimum atomic E-state index is -0.224. The van der Waals surface area contributed by atoms with Crippen LogP contribution in [-0.2, 0) is 11.3 Å². The van der Waals surface area contributed by atoms with E-state index in [0.29, 0.717) is 10.8 Å². The molecule has 0 aliphatic rings. The first-order valence-electron chi connectivity index (χ1n) is 7.65. The maximum atomic E-state index is 12.0. The molecule has 0 aliphatic carbocycles. The van der Waals surface area contributed by atoms with Gasteiger partial charge in [0.1, 0.15) is 5.15 Å². The first-order chi connectivity index (χ1) is 11.0. The number of halogens is 1. The average molecular weight is 333 g/mol. The van der Waals surface area contributed by atoms with Crippen molar-refractivity contribution in [2.75, 3.05) is 5.32 Å². The van der Waals surface area contributed by atoms with Gasteiger partial charge in [0, 0.05) is 24.4 Å². The molecule has 122 valence electrons. The largest absolute Gasteiger partial charge is 0.321 e. The summed E-state index contributed by atoms with van der Waals surface area (Å²) in [7, 11) is 0. The van der Waals surface area contributed by atoms with Crippen LogP contribution in [0.3, 0.4) is 0 Å². The van der Waals surface area contributed by atoms with Crippen molar-refractivity contribution in [1.82, 2.24) is 14.8 Å². The number of nitrogens with zero attached hydrogens (tertiary/aromatic N) is 3. The first-order valence-corrected chi connectivity index (χ1v) is 8.03. The third kappa shape index (κ3) is 4.42. The lowest BCUT2D eigenvalue weighted by Gasteiger charge is -2.04. The SMILES string of the molecule is CCCCn1nc(C)c(/C=C/C(=O)Nc2cnccc2C)c1Cl. The first kappa shape index (κ1) is 17.2. The quantitative estimate of drug-likeness (QED) is 0.813. The summed E-state index contributed by atoms with van der Waals surface area (Å²) in [5, 5.41) is 7.78. The Labute approximate surface area is 141 Å². The zero-order chi connectivity index (χ0) is 16.8. The van der Waals surface area contributed by atoms with Crippen LogP contribution in [0.2, 0.25) is 5.15 Å². The van der Waals surface area contributed by atoms with Gasteiger partial charge in [0.25, 0.3) is 0 Å². The molecule has 1 amide bonds. The van der Waals surface area contributed by atoms with Crippen LogP contribution in [0.1, 0.15) is 36.6 Å². The van der Waals surface area contributed by atoms with Crippen LogP contribution in [0.25, 0.3) is 6.08 Å². The van der Waals surface area contributed by atoms with Crippen LogP contribution < -0.4 is 5.32 Å². The zero-order valence-electron chi connectivity index (χ0n) is 13.6. The molecule has 0 bridgehead atoms. The molecule has 2 heterocycles. The minimum Gasteiger partial charge on any atom is -0.321 e. The summed E-state index contributed by atoms with van der Waals surface area (Å²) >= 11 is 6.34. The summed E-state index contributed by atoms with van der Waals surface area (Å²) in [6, 6.07) is 1.85. The Kier molecular flexibility index (Phi) is 5.93. The summed E-state index contributed by atoms with van der Waals surface area (Å²) < 4.78 is 1.78. The smallest absolute Gasteiger partial charge is 0.248 e. The van der Waals surface area contributed by atoms with Crippen LogP contribution in [0, 0.1) is 13.8 Å². The van der Waals surface area contributed by atoms with Gasteiger partial charge >= 0.3 is 0 Å². The Hall–Kier alpha value is -2.14. The van der Waals surface area contributed by atoms with Crippen molar-refractivity contribution in [3.63, 3.8) is 0 Å². The maximum Gasteiger partial charge on any atom is 0.248 e. The number of nitrogens with one attached hydrogen (secondary N) is 1. The van der Waals surface area contributed by atoms with E-state index in [-0.39, 0.29) is 5.91 Å². The molecule has 23 heavy (non-hydrogen) atoms. The van der Waals surface area contributed by atoms with E-state index >= 15 is 0 Å². The standard InChI is InChI=1S/C17H21ClN4O/c1-4-5-10-22-17(18)14(13(3)21-22)6-7-16(23)20-15-11-19-9-8-12(15)2/h6-9,11H,4-5,10H2,1-3H3,(H,20,23)/b7-6+. The normalized spacial score (nSPS) is 11.1. The van der Waals surface area contributed by atoms with E-state index in [0.717, 1.165) is 36.2 Å². The molecular formula is C17H21ClN4O. The van der Waals surface area contributed by atoms with Crippen molar-refractivity contribution in [1.29, 1.82) is 0 Å². The van der Waals surface area contributed by atoms with E-state index in [4.69, 9.17) is 11.6 Å². The molecule has 5 nitrogen and oxygen atoms in total. The predicted octanol–water partition coefficient (Wildman–Crippen LogP) is 4.00. The number of amides is 1. The Balaban J connectivity index is 2.09. The number of aryl methyl sites for hydroxylation is 3. The topological polar surface area (TPSA) is 59.8 Å². The van der Waals surface area contributed by atoms with E-state index in [9.17, 15) is 4.79 Å². The van der Waals surface area contributed by atoms with Gasteiger partial charge in [0.05, 0.1) is 17.6 Å². The Morgan fingerprint density at radius 3 is 2.91 bits per heavy atom. The van der Waals surface area contributed by atoms with Gasteiger partial charge in [-0.2, -0.15) is 5.10 Å². The van der Waals surface area contributed by atoms with E-state index < -0.39 is 0 Å². The van der Waals surface area contributed by atoms with Crippen LogP contribution in [0.5, 0.6) is 0 Å². The Morgan fingerprint density at radius 2 is 2.22 bits per heavy atom. The molecule has 0 unspecified atom stereocenters. The molecule has 0 saturated heterocycles. The van der Waals surface area contributed by atoms with Crippen molar-refractivity contribution in [3.05, 3.63) is 46.5 Å². The fourth-order valence-electron chi connectivity index (χ4n) is 2.14. The number of carbonyl (C=O) groups excluding carboxylic acids is 1. The van der Waals surface area contributed by atoms with E-state index in [1.165, 1.54) is 6.08 Å². The molecule has 2 rings (SSSR count). The molecule has 0 spiro atoms. The second-order valence-electron chi connectivity index (χ2n) is 5.38. The summed E-state index contributed by atoms with van der Waals surface area (Å²) in [6.07, 6.45) is 8.58. The fourth-order valence-corrected chi connectivity index (χ4v) is 2.46. The second-order valence-corrected chi connectivity index (χ2v) is 5.74. The van der Waals surface area contributed by atoms with Crippen LogP contribution in [0.15, 0.2) is 24.5 Å². The van der Waals surface area contributed by atoms with Crippen molar-refractivity contribution in [2.45, 2.75) is 40.2 Å². The van der Waals surface area contributed by atoms with Crippen LogP contribution in [0.4, 0.5) is 5.69 Å².